The van der Waals surface area contributed by atoms with E-state index >= 15 is 0 Å². The molecule has 0 saturated carbocycles. The van der Waals surface area contributed by atoms with Crippen molar-refractivity contribution in [1.29, 1.82) is 0 Å². The number of halogens is 6. The first-order valence-corrected chi connectivity index (χ1v) is 11.0. The Bertz CT molecular complexity index is 502. The molecule has 1 rings (SSSR count). The van der Waals surface area contributed by atoms with Crippen LogP contribution in [0, 0.1) is 0 Å². The molecule has 1 heterocycles. The fraction of sp³-hybridized carbons (Fsp3) is 1.00. The normalized spacial score (nSPS) is 16.2. The summed E-state index contributed by atoms with van der Waals surface area (Å²) < 4.78 is 100. The van der Waals surface area contributed by atoms with Crippen LogP contribution in [0.2, 0.25) is 0 Å². The molecule has 1 saturated heterocycles. The second kappa shape index (κ2) is 16.7. The van der Waals surface area contributed by atoms with Crippen LogP contribution in [-0.4, -0.2) is 41.7 Å². The fourth-order valence-electron chi connectivity index (χ4n) is 2.73. The maximum atomic E-state index is 10.6. The van der Waals surface area contributed by atoms with E-state index in [2.05, 4.69) is 13.8 Å². The average molecular weight is 566 g/mol. The summed E-state index contributed by atoms with van der Waals surface area (Å²) in [6, 6.07) is 0. The first kappa shape index (κ1) is 33.7. The molecular formula is C15H28F6NO4RuS2+2. The largest absolute Gasteiger partial charge is 3.00 e. The average Bonchev–Trinajstić information content (AvgIpc) is 2.58. The van der Waals surface area contributed by atoms with E-state index in [1.165, 1.54) is 75.6 Å². The number of piperidine rings is 1. The first-order chi connectivity index (χ1) is 12.7. The van der Waals surface area contributed by atoms with Gasteiger partial charge in [0.05, 0.1) is 26.2 Å². The number of quaternary nitrogens is 1. The molecule has 0 bridgehead atoms. The molecule has 0 amide bonds. The summed E-state index contributed by atoms with van der Waals surface area (Å²) in [4.78, 5) is 0. The van der Waals surface area contributed by atoms with Gasteiger partial charge in [0.15, 0.2) is 0 Å². The number of hydrogen-bond donors (Lipinski definition) is 0. The molecule has 29 heavy (non-hydrogen) atoms. The Morgan fingerprint density at radius 2 is 0.966 bits per heavy atom. The van der Waals surface area contributed by atoms with Crippen LogP contribution in [0.4, 0.5) is 26.3 Å². The quantitative estimate of drug-likeness (QED) is 0.192. The van der Waals surface area contributed by atoms with Gasteiger partial charge in [0.25, 0.3) is 0 Å². The summed E-state index contributed by atoms with van der Waals surface area (Å²) in [5, 5.41) is 0. The smallest absolute Gasteiger partial charge is 0.416 e. The van der Waals surface area contributed by atoms with Gasteiger partial charge in [0.1, 0.15) is 0 Å². The van der Waals surface area contributed by atoms with Crippen LogP contribution in [0.1, 0.15) is 58.8 Å². The minimum Gasteiger partial charge on any atom is -0.416 e. The van der Waals surface area contributed by atoms with Crippen molar-refractivity contribution in [3.8, 4) is 0 Å². The van der Waals surface area contributed by atoms with Gasteiger partial charge >= 0.3 is 30.5 Å². The van der Waals surface area contributed by atoms with Crippen LogP contribution in [0.5, 0.6) is 0 Å². The van der Waals surface area contributed by atoms with Crippen molar-refractivity contribution in [2.45, 2.75) is 69.8 Å². The zero-order chi connectivity index (χ0) is 22.4. The SMILES string of the molecule is CCCC[N+]1(CCCC)CCCCC1.O=[S-](=O)C(F)(F)F.O=[S-](=O)C(F)(F)F.[Ru+3]. The molecular weight excluding hydrogens is 537 g/mol. The van der Waals surface area contributed by atoms with Gasteiger partial charge in [-0.3, -0.25) is 0 Å². The fourth-order valence-corrected chi connectivity index (χ4v) is 2.73. The van der Waals surface area contributed by atoms with Crippen LogP contribution in [0.25, 0.3) is 0 Å². The number of rotatable bonds is 6. The molecule has 14 heteroatoms. The number of nitrogens with zero attached hydrogens (tertiary/aromatic N) is 1. The topological polar surface area (TPSA) is 68.3 Å². The molecule has 0 aromatic rings. The van der Waals surface area contributed by atoms with Crippen molar-refractivity contribution in [3.05, 3.63) is 0 Å². The van der Waals surface area contributed by atoms with E-state index < -0.39 is 32.4 Å². The molecule has 0 aliphatic carbocycles. The predicted octanol–water partition coefficient (Wildman–Crippen LogP) is 5.22. The van der Waals surface area contributed by atoms with E-state index in [0.717, 1.165) is 0 Å². The molecule has 1 radical (unpaired) electrons. The third-order valence-electron chi connectivity index (χ3n) is 4.11. The zero-order valence-corrected chi connectivity index (χ0v) is 19.7. The van der Waals surface area contributed by atoms with Gasteiger partial charge < -0.3 is 21.3 Å². The standard InChI is InChI=1S/C13H28N.2CF3O2S.Ru/c1-3-5-10-14(11-6-4-2)12-8-7-9-13-14;2*2-1(3,4)7(5)6;/h3-13H2,1-2H3;;;/q+1;2*-1;+3. The summed E-state index contributed by atoms with van der Waals surface area (Å²) in [6.45, 7) is 10.5. The second-order valence-corrected chi connectivity index (χ2v) is 8.23. The number of alkyl halides is 6. The monoisotopic (exact) mass is 566 g/mol. The Labute approximate surface area is 184 Å². The van der Waals surface area contributed by atoms with Gasteiger partial charge in [0, 0.05) is 21.4 Å². The van der Waals surface area contributed by atoms with Crippen molar-refractivity contribution < 1.29 is 67.1 Å². The Kier molecular flexibility index (Phi) is 19.4. The minimum absolute atomic E-state index is 0. The first-order valence-electron chi connectivity index (χ1n) is 8.89. The Hall–Kier alpha value is 0.0634. The maximum Gasteiger partial charge on any atom is 3.00 e. The van der Waals surface area contributed by atoms with Gasteiger partial charge in [-0.25, -0.2) is 0 Å². The third-order valence-corrected chi connectivity index (χ3v) is 4.87. The van der Waals surface area contributed by atoms with Gasteiger partial charge in [-0.1, -0.05) is 26.7 Å². The van der Waals surface area contributed by atoms with E-state index in [4.69, 9.17) is 16.8 Å². The van der Waals surface area contributed by atoms with E-state index in [9.17, 15) is 26.3 Å². The van der Waals surface area contributed by atoms with Crippen molar-refractivity contribution in [2.75, 3.05) is 26.2 Å². The van der Waals surface area contributed by atoms with E-state index in [0.29, 0.717) is 0 Å². The van der Waals surface area contributed by atoms with Gasteiger partial charge in [-0.2, -0.15) is 26.3 Å². The Morgan fingerprint density at radius 1 is 0.690 bits per heavy atom. The molecule has 1 aliphatic rings. The molecule has 0 spiro atoms. The number of unbranched alkanes of at least 4 members (excludes halogenated alkanes) is 2. The van der Waals surface area contributed by atoms with Crippen molar-refractivity contribution in [1.82, 2.24) is 0 Å². The van der Waals surface area contributed by atoms with Crippen LogP contribution in [-0.2, 0) is 57.7 Å². The molecule has 0 unspecified atom stereocenters. The summed E-state index contributed by atoms with van der Waals surface area (Å²) >= 11 is 0. The molecule has 177 valence electrons. The minimum atomic E-state index is -5.08. The van der Waals surface area contributed by atoms with Gasteiger partial charge in [-0.05, 0) is 32.1 Å². The molecule has 0 N–H and O–H groups in total. The van der Waals surface area contributed by atoms with Crippen LogP contribution in [0.15, 0.2) is 0 Å². The summed E-state index contributed by atoms with van der Waals surface area (Å²) in [7, 11) is -7.87. The summed E-state index contributed by atoms with van der Waals surface area (Å²) in [5.41, 5.74) is -10.2. The van der Waals surface area contributed by atoms with Crippen LogP contribution >= 0.6 is 0 Å². The maximum absolute atomic E-state index is 10.6. The number of likely N-dealkylation sites (tertiary alicyclic amines) is 1. The van der Waals surface area contributed by atoms with E-state index in [1.54, 1.807) is 0 Å². The predicted molar refractivity (Wildman–Crippen MR) is 93.0 cm³/mol. The Morgan fingerprint density at radius 3 is 1.17 bits per heavy atom. The Balaban J connectivity index is -0.000000384. The van der Waals surface area contributed by atoms with Crippen molar-refractivity contribution in [3.63, 3.8) is 0 Å². The van der Waals surface area contributed by atoms with E-state index in [1.807, 2.05) is 0 Å². The summed E-state index contributed by atoms with van der Waals surface area (Å²) in [6.07, 6.45) is 10.0. The van der Waals surface area contributed by atoms with Gasteiger partial charge in [-0.15, -0.1) is 0 Å². The molecule has 1 aliphatic heterocycles. The summed E-state index contributed by atoms with van der Waals surface area (Å²) in [5.74, 6) is 0. The molecule has 0 atom stereocenters. The zero-order valence-electron chi connectivity index (χ0n) is 16.3. The second-order valence-electron chi connectivity index (χ2n) is 6.36. The van der Waals surface area contributed by atoms with Gasteiger partial charge in [0.2, 0.25) is 0 Å². The number of hydrogen-bond acceptors (Lipinski definition) is 6. The molecule has 0 aromatic carbocycles. The third kappa shape index (κ3) is 18.5. The molecule has 1 fully saturated rings. The van der Waals surface area contributed by atoms with Crippen LogP contribution < -0.4 is 0 Å². The van der Waals surface area contributed by atoms with E-state index in [-0.39, 0.29) is 19.5 Å². The van der Waals surface area contributed by atoms with Crippen LogP contribution in [0.3, 0.4) is 0 Å². The van der Waals surface area contributed by atoms with Crippen molar-refractivity contribution >= 4 is 21.4 Å². The molecule has 5 nitrogen and oxygen atoms in total. The van der Waals surface area contributed by atoms with Crippen molar-refractivity contribution in [2.24, 2.45) is 0 Å². The molecule has 0 aromatic heterocycles.